The van der Waals surface area contributed by atoms with Crippen LogP contribution in [0.5, 0.6) is 0 Å². The van der Waals surface area contributed by atoms with E-state index in [1.54, 1.807) is 19.2 Å². The zero-order valence-electron chi connectivity index (χ0n) is 15.9. The molecule has 0 saturated heterocycles. The minimum atomic E-state index is -3.54. The molecule has 8 heteroatoms. The Morgan fingerprint density at radius 1 is 1.27 bits per heavy atom. The number of rotatable bonds is 6. The predicted octanol–water partition coefficient (Wildman–Crippen LogP) is 3.47. The minimum Gasteiger partial charge on any atom is -0.459 e. The highest BCUT2D eigenvalue weighted by Gasteiger charge is 2.29. The second-order valence-electron chi connectivity index (χ2n) is 7.52. The summed E-state index contributed by atoms with van der Waals surface area (Å²) in [5.74, 6) is -0.184. The Morgan fingerprint density at radius 3 is 2.46 bits per heavy atom. The summed E-state index contributed by atoms with van der Waals surface area (Å²) in [7, 11) is -1.89. The molecule has 0 spiro atoms. The molecular weight excluding hydrogens is 372 g/mol. The van der Waals surface area contributed by atoms with Gasteiger partial charge < -0.3 is 4.74 Å². The van der Waals surface area contributed by atoms with Crippen LogP contribution in [0.25, 0.3) is 0 Å². The van der Waals surface area contributed by atoms with Crippen molar-refractivity contribution in [3.8, 4) is 0 Å². The largest absolute Gasteiger partial charge is 0.459 e. The first-order valence-electron chi connectivity index (χ1n) is 8.88. The molecule has 1 aromatic heterocycles. The fraction of sp³-hybridized carbons (Fsp3) is 0.667. The van der Waals surface area contributed by atoms with E-state index in [1.165, 1.54) is 28.7 Å². The second-order valence-corrected chi connectivity index (χ2v) is 10.5. The highest BCUT2D eigenvalue weighted by molar-refractivity contribution is 7.99. The molecule has 1 aliphatic carbocycles. The number of aromatic nitrogens is 1. The van der Waals surface area contributed by atoms with Crippen LogP contribution in [0, 0.1) is 0 Å². The number of carbonyl (C=O) groups is 1. The number of thioether (sulfide) groups is 1. The summed E-state index contributed by atoms with van der Waals surface area (Å²) in [6.07, 6.45) is 6.51. The summed E-state index contributed by atoms with van der Waals surface area (Å²) in [6.45, 7) is 5.45. The Balaban J connectivity index is 1.98. The van der Waals surface area contributed by atoms with Crippen molar-refractivity contribution in [2.75, 3.05) is 12.8 Å². The zero-order valence-corrected chi connectivity index (χ0v) is 17.5. The third kappa shape index (κ3) is 5.96. The van der Waals surface area contributed by atoms with Crippen LogP contribution < -0.4 is 0 Å². The first kappa shape index (κ1) is 21.2. The van der Waals surface area contributed by atoms with Crippen LogP contribution in [-0.2, 0) is 19.6 Å². The number of sulfonamides is 1. The summed E-state index contributed by atoms with van der Waals surface area (Å²) in [4.78, 5) is 16.1. The van der Waals surface area contributed by atoms with Gasteiger partial charge in [0.05, 0.1) is 10.8 Å². The van der Waals surface area contributed by atoms with E-state index in [9.17, 15) is 13.2 Å². The molecule has 0 radical (unpaired) electrons. The van der Waals surface area contributed by atoms with Gasteiger partial charge in [0.15, 0.2) is 0 Å². The van der Waals surface area contributed by atoms with Gasteiger partial charge in [-0.1, -0.05) is 31.0 Å². The van der Waals surface area contributed by atoms with E-state index in [4.69, 9.17) is 4.74 Å². The summed E-state index contributed by atoms with van der Waals surface area (Å²) < 4.78 is 32.3. The van der Waals surface area contributed by atoms with Crippen molar-refractivity contribution in [1.82, 2.24) is 9.29 Å². The maximum atomic E-state index is 12.8. The lowest BCUT2D eigenvalue weighted by atomic mass is 9.96. The molecule has 0 amide bonds. The fourth-order valence-electron chi connectivity index (χ4n) is 2.92. The Hall–Kier alpha value is -1.12. The number of nitrogens with zero attached hydrogens (tertiary/aromatic N) is 2. The third-order valence-electron chi connectivity index (χ3n) is 4.23. The highest BCUT2D eigenvalue weighted by atomic mass is 32.2. The van der Waals surface area contributed by atoms with Gasteiger partial charge in [0.1, 0.15) is 10.5 Å². The lowest BCUT2D eigenvalue weighted by molar-refractivity contribution is -0.151. The maximum absolute atomic E-state index is 12.8. The quantitative estimate of drug-likeness (QED) is 0.537. The number of hydrogen-bond acceptors (Lipinski definition) is 6. The van der Waals surface area contributed by atoms with Crippen LogP contribution in [0.1, 0.15) is 52.9 Å². The van der Waals surface area contributed by atoms with Gasteiger partial charge in [-0.05, 0) is 45.7 Å². The van der Waals surface area contributed by atoms with E-state index in [0.717, 1.165) is 25.7 Å². The van der Waals surface area contributed by atoms with Gasteiger partial charge in [0.2, 0.25) is 10.0 Å². The molecule has 6 nitrogen and oxygen atoms in total. The molecule has 1 saturated carbocycles. The van der Waals surface area contributed by atoms with Crippen LogP contribution >= 0.6 is 11.8 Å². The number of carbonyl (C=O) groups excluding carboxylic acids is 1. The summed E-state index contributed by atoms with van der Waals surface area (Å²) in [5.41, 5.74) is -0.521. The molecule has 0 atom stereocenters. The first-order valence-corrected chi connectivity index (χ1v) is 11.3. The van der Waals surface area contributed by atoms with E-state index in [1.807, 2.05) is 20.8 Å². The Morgan fingerprint density at radius 2 is 1.92 bits per heavy atom. The highest BCUT2D eigenvalue weighted by Crippen LogP contribution is 2.27. The van der Waals surface area contributed by atoms with Gasteiger partial charge in [0.25, 0.3) is 0 Å². The van der Waals surface area contributed by atoms with Gasteiger partial charge >= 0.3 is 5.97 Å². The minimum absolute atomic E-state index is 0.0648. The first-order chi connectivity index (χ1) is 12.1. The summed E-state index contributed by atoms with van der Waals surface area (Å²) in [6, 6.07) is 3.25. The summed E-state index contributed by atoms with van der Waals surface area (Å²) in [5, 5.41) is 0.593. The zero-order chi connectivity index (χ0) is 19.4. The number of hydrogen-bond donors (Lipinski definition) is 0. The molecule has 0 N–H and O–H groups in total. The Bertz CT molecular complexity index is 706. The van der Waals surface area contributed by atoms with E-state index >= 15 is 0 Å². The average molecular weight is 401 g/mol. The van der Waals surface area contributed by atoms with Crippen LogP contribution in [0.3, 0.4) is 0 Å². The molecule has 26 heavy (non-hydrogen) atoms. The van der Waals surface area contributed by atoms with Gasteiger partial charge in [-0.2, -0.15) is 4.31 Å². The van der Waals surface area contributed by atoms with Crippen LogP contribution in [-0.4, -0.2) is 48.1 Å². The molecule has 0 bridgehead atoms. The Labute approximate surface area is 160 Å². The molecule has 1 aliphatic rings. The molecule has 146 valence electrons. The molecule has 1 fully saturated rings. The maximum Gasteiger partial charge on any atom is 0.316 e. The van der Waals surface area contributed by atoms with Crippen LogP contribution in [0.2, 0.25) is 0 Å². The van der Waals surface area contributed by atoms with E-state index in [-0.39, 0.29) is 22.7 Å². The average Bonchev–Trinajstić information content (AvgIpc) is 2.59. The second kappa shape index (κ2) is 8.71. The number of ether oxygens (including phenoxy) is 1. The van der Waals surface area contributed by atoms with Crippen molar-refractivity contribution in [2.45, 2.75) is 74.4 Å². The summed E-state index contributed by atoms with van der Waals surface area (Å²) >= 11 is 1.23. The molecule has 0 aliphatic heterocycles. The molecule has 1 aromatic rings. The monoisotopic (exact) mass is 400 g/mol. The smallest absolute Gasteiger partial charge is 0.316 e. The van der Waals surface area contributed by atoms with Gasteiger partial charge in [-0.3, -0.25) is 4.79 Å². The lowest BCUT2D eigenvalue weighted by Gasteiger charge is -2.30. The number of esters is 1. The molecule has 1 heterocycles. The normalized spacial score (nSPS) is 16.7. The van der Waals surface area contributed by atoms with E-state index in [2.05, 4.69) is 4.98 Å². The van der Waals surface area contributed by atoms with Crippen molar-refractivity contribution in [3.05, 3.63) is 18.3 Å². The SMILES string of the molecule is CN(C1CCCCC1)S(=O)(=O)c1ccc(SCC(=O)OC(C)(C)C)nc1. The standard InChI is InChI=1S/C18H28N2O4S2/c1-18(2,3)24-17(21)13-25-16-11-10-15(12-19-16)26(22,23)20(4)14-8-6-5-7-9-14/h10-12,14H,5-9,13H2,1-4H3. The van der Waals surface area contributed by atoms with Gasteiger partial charge in [0, 0.05) is 19.3 Å². The lowest BCUT2D eigenvalue weighted by Crippen LogP contribution is -2.38. The molecule has 0 unspecified atom stereocenters. The van der Waals surface area contributed by atoms with Gasteiger partial charge in [-0.15, -0.1) is 0 Å². The molecule has 0 aromatic carbocycles. The predicted molar refractivity (Wildman–Crippen MR) is 103 cm³/mol. The van der Waals surface area contributed by atoms with Crippen LogP contribution in [0.4, 0.5) is 0 Å². The fourth-order valence-corrected chi connectivity index (χ4v) is 4.89. The Kier molecular flexibility index (Phi) is 7.10. The molecular formula is C18H28N2O4S2. The topological polar surface area (TPSA) is 76.6 Å². The van der Waals surface area contributed by atoms with Crippen molar-refractivity contribution in [1.29, 1.82) is 0 Å². The van der Waals surface area contributed by atoms with Crippen molar-refractivity contribution >= 4 is 27.8 Å². The van der Waals surface area contributed by atoms with Crippen molar-refractivity contribution < 1.29 is 17.9 Å². The van der Waals surface area contributed by atoms with Gasteiger partial charge in [-0.25, -0.2) is 13.4 Å². The van der Waals surface area contributed by atoms with E-state index < -0.39 is 15.6 Å². The van der Waals surface area contributed by atoms with Crippen molar-refractivity contribution in [3.63, 3.8) is 0 Å². The third-order valence-corrected chi connectivity index (χ3v) is 7.04. The van der Waals surface area contributed by atoms with Crippen LogP contribution in [0.15, 0.2) is 28.3 Å². The van der Waals surface area contributed by atoms with E-state index in [0.29, 0.717) is 5.03 Å². The van der Waals surface area contributed by atoms with Crippen molar-refractivity contribution in [2.24, 2.45) is 0 Å². The number of pyridine rings is 1. The molecule has 2 rings (SSSR count).